The Hall–Kier alpha value is -1.04. The Morgan fingerprint density at radius 1 is 1.28 bits per heavy atom. The fraction of sp³-hybridized carbons (Fsp3) is 0.556. The number of allylic oxidation sites excluding steroid dienone is 7. The van der Waals surface area contributed by atoms with E-state index in [-0.39, 0.29) is 0 Å². The molecule has 0 saturated carbocycles. The summed E-state index contributed by atoms with van der Waals surface area (Å²) in [5.41, 5.74) is 8.79. The van der Waals surface area contributed by atoms with Gasteiger partial charge in [-0.25, -0.2) is 0 Å². The smallest absolute Gasteiger partial charge is 0.0196 e. The molecule has 100 valence electrons. The highest BCUT2D eigenvalue weighted by atomic mass is 14.2. The van der Waals surface area contributed by atoms with Crippen LogP contribution in [0.5, 0.6) is 0 Å². The Kier molecular flexibility index (Phi) is 5.19. The molecule has 1 aliphatic rings. The fourth-order valence-electron chi connectivity index (χ4n) is 2.42. The molecular formula is C18H28. The highest BCUT2D eigenvalue weighted by molar-refractivity contribution is 5.51. The standard InChI is InChI=1S/C18H28/c1-12(2)15(6)11-18(13(3)4)17-10-8-9-14(5)16(17)7/h10,15H,1,8-9,11H2,2-7H3. The molecule has 0 amide bonds. The lowest BCUT2D eigenvalue weighted by molar-refractivity contribution is 0.673. The lowest BCUT2D eigenvalue weighted by atomic mass is 9.82. The van der Waals surface area contributed by atoms with Gasteiger partial charge in [-0.1, -0.05) is 36.3 Å². The molecule has 0 aromatic carbocycles. The summed E-state index contributed by atoms with van der Waals surface area (Å²) in [6.07, 6.45) is 5.96. The Morgan fingerprint density at radius 3 is 2.39 bits per heavy atom. The van der Waals surface area contributed by atoms with E-state index in [2.05, 4.69) is 54.2 Å². The van der Waals surface area contributed by atoms with Gasteiger partial charge in [-0.15, -0.1) is 0 Å². The zero-order valence-corrected chi connectivity index (χ0v) is 13.0. The van der Waals surface area contributed by atoms with Crippen LogP contribution in [-0.4, -0.2) is 0 Å². The van der Waals surface area contributed by atoms with Crippen LogP contribution in [-0.2, 0) is 0 Å². The third-order valence-electron chi connectivity index (χ3n) is 4.19. The molecule has 0 heteroatoms. The van der Waals surface area contributed by atoms with Gasteiger partial charge in [-0.05, 0) is 76.5 Å². The third-order valence-corrected chi connectivity index (χ3v) is 4.19. The molecule has 0 fully saturated rings. The minimum Gasteiger partial charge on any atom is -0.0999 e. The second-order valence-corrected chi connectivity index (χ2v) is 5.99. The molecule has 0 aromatic rings. The van der Waals surface area contributed by atoms with Gasteiger partial charge in [0.05, 0.1) is 0 Å². The summed E-state index contributed by atoms with van der Waals surface area (Å²) in [7, 11) is 0. The van der Waals surface area contributed by atoms with Crippen molar-refractivity contribution in [3.63, 3.8) is 0 Å². The summed E-state index contributed by atoms with van der Waals surface area (Å²) in [5.74, 6) is 0.561. The zero-order valence-electron chi connectivity index (χ0n) is 13.0. The van der Waals surface area contributed by atoms with Crippen molar-refractivity contribution in [2.45, 2.75) is 60.8 Å². The maximum absolute atomic E-state index is 4.09. The molecule has 18 heavy (non-hydrogen) atoms. The molecule has 1 atom stereocenters. The molecule has 0 spiro atoms. The first-order valence-corrected chi connectivity index (χ1v) is 7.03. The van der Waals surface area contributed by atoms with Crippen LogP contribution in [0.3, 0.4) is 0 Å². The van der Waals surface area contributed by atoms with Crippen molar-refractivity contribution in [3.05, 3.63) is 46.1 Å². The van der Waals surface area contributed by atoms with Crippen molar-refractivity contribution in [1.29, 1.82) is 0 Å². The second-order valence-electron chi connectivity index (χ2n) is 5.99. The number of rotatable bonds is 4. The predicted molar refractivity (Wildman–Crippen MR) is 82.7 cm³/mol. The van der Waals surface area contributed by atoms with E-state index in [0.29, 0.717) is 5.92 Å². The summed E-state index contributed by atoms with van der Waals surface area (Å²) in [5, 5.41) is 0. The Labute approximate surface area is 113 Å². The maximum atomic E-state index is 4.09. The summed E-state index contributed by atoms with van der Waals surface area (Å²) in [4.78, 5) is 0. The fourth-order valence-corrected chi connectivity index (χ4v) is 2.42. The van der Waals surface area contributed by atoms with Crippen molar-refractivity contribution in [2.75, 3.05) is 0 Å². The molecule has 0 aliphatic heterocycles. The predicted octanol–water partition coefficient (Wildman–Crippen LogP) is 5.98. The zero-order chi connectivity index (χ0) is 13.9. The molecule has 0 N–H and O–H groups in total. The molecule has 1 aliphatic carbocycles. The topological polar surface area (TPSA) is 0 Å². The van der Waals surface area contributed by atoms with E-state index in [4.69, 9.17) is 0 Å². The van der Waals surface area contributed by atoms with E-state index >= 15 is 0 Å². The molecule has 0 saturated heterocycles. The summed E-state index contributed by atoms with van der Waals surface area (Å²) < 4.78 is 0. The minimum absolute atomic E-state index is 0.561. The Morgan fingerprint density at radius 2 is 1.89 bits per heavy atom. The average molecular weight is 244 g/mol. The second kappa shape index (κ2) is 6.22. The minimum atomic E-state index is 0.561. The van der Waals surface area contributed by atoms with Gasteiger partial charge in [0, 0.05) is 0 Å². The van der Waals surface area contributed by atoms with E-state index < -0.39 is 0 Å². The first-order valence-electron chi connectivity index (χ1n) is 7.03. The molecular weight excluding hydrogens is 216 g/mol. The highest BCUT2D eigenvalue weighted by Gasteiger charge is 2.16. The SMILES string of the molecule is C=C(C)C(C)CC(C1=CCCC(C)=C1C)=C(C)C. The van der Waals surface area contributed by atoms with Gasteiger partial charge in [0.15, 0.2) is 0 Å². The quantitative estimate of drug-likeness (QED) is 0.533. The lowest BCUT2D eigenvalue weighted by Gasteiger charge is -2.23. The summed E-state index contributed by atoms with van der Waals surface area (Å²) >= 11 is 0. The van der Waals surface area contributed by atoms with Crippen LogP contribution in [0.25, 0.3) is 0 Å². The van der Waals surface area contributed by atoms with E-state index in [1.165, 1.54) is 40.7 Å². The van der Waals surface area contributed by atoms with Crippen LogP contribution in [0, 0.1) is 5.92 Å². The molecule has 0 nitrogen and oxygen atoms in total. The number of hydrogen-bond donors (Lipinski definition) is 0. The van der Waals surface area contributed by atoms with Gasteiger partial charge < -0.3 is 0 Å². The Balaban J connectivity index is 3.06. The van der Waals surface area contributed by atoms with Gasteiger partial charge in [-0.3, -0.25) is 0 Å². The van der Waals surface area contributed by atoms with Gasteiger partial charge >= 0.3 is 0 Å². The maximum Gasteiger partial charge on any atom is -0.0196 e. The molecule has 0 aromatic heterocycles. The van der Waals surface area contributed by atoms with Crippen molar-refractivity contribution < 1.29 is 0 Å². The first kappa shape index (κ1) is 15.0. The Bertz CT molecular complexity index is 423. The van der Waals surface area contributed by atoms with Crippen LogP contribution < -0.4 is 0 Å². The highest BCUT2D eigenvalue weighted by Crippen LogP contribution is 2.35. The van der Waals surface area contributed by atoms with Crippen LogP contribution in [0.15, 0.2) is 46.1 Å². The van der Waals surface area contributed by atoms with Crippen molar-refractivity contribution in [1.82, 2.24) is 0 Å². The molecule has 0 heterocycles. The van der Waals surface area contributed by atoms with Gasteiger partial charge in [0.1, 0.15) is 0 Å². The van der Waals surface area contributed by atoms with Crippen molar-refractivity contribution in [2.24, 2.45) is 5.92 Å². The van der Waals surface area contributed by atoms with Crippen LogP contribution in [0.2, 0.25) is 0 Å². The van der Waals surface area contributed by atoms with Gasteiger partial charge in [0.25, 0.3) is 0 Å². The average Bonchev–Trinajstić information content (AvgIpc) is 2.29. The van der Waals surface area contributed by atoms with Crippen LogP contribution >= 0.6 is 0 Å². The van der Waals surface area contributed by atoms with Gasteiger partial charge in [0.2, 0.25) is 0 Å². The molecule has 0 bridgehead atoms. The molecule has 1 unspecified atom stereocenters. The number of hydrogen-bond acceptors (Lipinski definition) is 0. The summed E-state index contributed by atoms with van der Waals surface area (Å²) in [6, 6.07) is 0. The van der Waals surface area contributed by atoms with E-state index in [1.807, 2.05) is 0 Å². The molecule has 1 rings (SSSR count). The van der Waals surface area contributed by atoms with Crippen LogP contribution in [0.4, 0.5) is 0 Å². The molecule has 0 radical (unpaired) electrons. The first-order chi connectivity index (χ1) is 8.34. The van der Waals surface area contributed by atoms with Crippen molar-refractivity contribution in [3.8, 4) is 0 Å². The lowest BCUT2D eigenvalue weighted by Crippen LogP contribution is -2.06. The van der Waals surface area contributed by atoms with Gasteiger partial charge in [-0.2, -0.15) is 0 Å². The van der Waals surface area contributed by atoms with E-state index in [1.54, 1.807) is 5.57 Å². The van der Waals surface area contributed by atoms with Crippen molar-refractivity contribution >= 4 is 0 Å². The third kappa shape index (κ3) is 3.48. The van der Waals surface area contributed by atoms with E-state index in [9.17, 15) is 0 Å². The largest absolute Gasteiger partial charge is 0.0999 e. The summed E-state index contributed by atoms with van der Waals surface area (Å²) in [6.45, 7) is 17.5. The normalized spacial score (nSPS) is 17.3. The monoisotopic (exact) mass is 244 g/mol. The van der Waals surface area contributed by atoms with E-state index in [0.717, 1.165) is 6.42 Å². The van der Waals surface area contributed by atoms with Crippen LogP contribution in [0.1, 0.15) is 60.8 Å².